The van der Waals surface area contributed by atoms with Crippen LogP contribution in [0.25, 0.3) is 0 Å². The van der Waals surface area contributed by atoms with E-state index in [1.54, 1.807) is 12.1 Å². The van der Waals surface area contributed by atoms with Crippen molar-refractivity contribution in [2.75, 3.05) is 30.6 Å². The summed E-state index contributed by atoms with van der Waals surface area (Å²) in [7, 11) is -3.40. The molecule has 2 atom stereocenters. The standard InChI is InChI=1S/C20H34N2O3S/c1-5-6-7-8-12-22-13-11-20(3,16(2)15-22)17-9-10-18(19(23)14-17)21-26(4,24)25/h9-10,14,16,21,23H,5-8,11-13,15H2,1-4H3/t16-,20-/m0/s1. The SMILES string of the molecule is CCCCCCN1CC[C@](C)(c2ccc(NS(C)(=O)=O)c(O)c2)[C@@H](C)C1. The molecule has 26 heavy (non-hydrogen) atoms. The van der Waals surface area contributed by atoms with Crippen LogP contribution in [0, 0.1) is 5.92 Å². The number of nitrogens with zero attached hydrogens (tertiary/aromatic N) is 1. The molecule has 1 fully saturated rings. The van der Waals surface area contributed by atoms with Gasteiger partial charge in [-0.2, -0.15) is 0 Å². The van der Waals surface area contributed by atoms with Crippen LogP contribution in [0.4, 0.5) is 5.69 Å². The van der Waals surface area contributed by atoms with Crippen LogP contribution in [0.5, 0.6) is 5.75 Å². The van der Waals surface area contributed by atoms with E-state index in [1.165, 1.54) is 32.2 Å². The highest BCUT2D eigenvalue weighted by molar-refractivity contribution is 7.92. The Balaban J connectivity index is 2.05. The molecule has 1 aromatic carbocycles. The topological polar surface area (TPSA) is 69.6 Å². The second kappa shape index (κ2) is 8.61. The Morgan fingerprint density at radius 3 is 2.62 bits per heavy atom. The van der Waals surface area contributed by atoms with Crippen molar-refractivity contribution in [1.29, 1.82) is 0 Å². The first-order valence-corrected chi connectivity index (χ1v) is 11.6. The molecule has 0 bridgehead atoms. The molecule has 1 aliphatic heterocycles. The number of hydrogen-bond donors (Lipinski definition) is 2. The maximum atomic E-state index is 11.4. The summed E-state index contributed by atoms with van der Waals surface area (Å²) in [5, 5.41) is 10.3. The lowest BCUT2D eigenvalue weighted by molar-refractivity contribution is 0.109. The van der Waals surface area contributed by atoms with E-state index in [4.69, 9.17) is 0 Å². The maximum Gasteiger partial charge on any atom is 0.229 e. The molecule has 0 saturated carbocycles. The molecule has 1 saturated heterocycles. The monoisotopic (exact) mass is 382 g/mol. The summed E-state index contributed by atoms with van der Waals surface area (Å²) < 4.78 is 25.1. The fourth-order valence-corrected chi connectivity index (χ4v) is 4.46. The molecule has 5 nitrogen and oxygen atoms in total. The van der Waals surface area contributed by atoms with Crippen LogP contribution in [0.2, 0.25) is 0 Å². The van der Waals surface area contributed by atoms with Gasteiger partial charge < -0.3 is 10.0 Å². The lowest BCUT2D eigenvalue weighted by Crippen LogP contribution is -2.47. The lowest BCUT2D eigenvalue weighted by Gasteiger charge is -2.45. The van der Waals surface area contributed by atoms with Crippen molar-refractivity contribution in [3.05, 3.63) is 23.8 Å². The van der Waals surface area contributed by atoms with Crippen molar-refractivity contribution in [3.63, 3.8) is 0 Å². The highest BCUT2D eigenvalue weighted by Gasteiger charge is 2.38. The molecule has 2 N–H and O–H groups in total. The predicted octanol–water partition coefficient (Wildman–Crippen LogP) is 3.94. The molecule has 1 heterocycles. The minimum absolute atomic E-state index is 0.0108. The Bertz CT molecular complexity index is 705. The summed E-state index contributed by atoms with van der Waals surface area (Å²) in [6.07, 6.45) is 7.28. The summed E-state index contributed by atoms with van der Waals surface area (Å²) in [5.41, 5.74) is 1.30. The number of aromatic hydroxyl groups is 1. The van der Waals surface area contributed by atoms with Crippen LogP contribution >= 0.6 is 0 Å². The van der Waals surface area contributed by atoms with E-state index in [0.717, 1.165) is 31.3 Å². The summed E-state index contributed by atoms with van der Waals surface area (Å²) in [6.45, 7) is 10.1. The lowest BCUT2D eigenvalue weighted by atomic mass is 9.68. The number of hydrogen-bond acceptors (Lipinski definition) is 4. The summed E-state index contributed by atoms with van der Waals surface area (Å²) in [6, 6.07) is 5.34. The average molecular weight is 383 g/mol. The maximum absolute atomic E-state index is 11.4. The number of likely N-dealkylation sites (tertiary alicyclic amines) is 1. The minimum atomic E-state index is -3.40. The summed E-state index contributed by atoms with van der Waals surface area (Å²) >= 11 is 0. The van der Waals surface area contributed by atoms with Crippen LogP contribution in [-0.4, -0.2) is 44.3 Å². The Hall–Kier alpha value is -1.27. The second-order valence-electron chi connectivity index (χ2n) is 8.04. The number of unbranched alkanes of at least 4 members (excludes halogenated alkanes) is 3. The molecule has 0 aromatic heterocycles. The third-order valence-electron chi connectivity index (χ3n) is 5.85. The van der Waals surface area contributed by atoms with Gasteiger partial charge in [0.05, 0.1) is 11.9 Å². The van der Waals surface area contributed by atoms with E-state index in [9.17, 15) is 13.5 Å². The number of sulfonamides is 1. The van der Waals surface area contributed by atoms with E-state index in [1.807, 2.05) is 6.07 Å². The van der Waals surface area contributed by atoms with Crippen molar-refractivity contribution in [2.24, 2.45) is 5.92 Å². The normalized spacial score (nSPS) is 24.5. The minimum Gasteiger partial charge on any atom is -0.506 e. The first kappa shape index (κ1) is 21.0. The predicted molar refractivity (Wildman–Crippen MR) is 108 cm³/mol. The molecular weight excluding hydrogens is 348 g/mol. The van der Waals surface area contributed by atoms with E-state index in [2.05, 4.69) is 30.4 Å². The van der Waals surface area contributed by atoms with Gasteiger partial charge in [0.25, 0.3) is 0 Å². The fraction of sp³-hybridized carbons (Fsp3) is 0.700. The Morgan fingerprint density at radius 2 is 2.04 bits per heavy atom. The molecule has 0 unspecified atom stereocenters. The Labute approximate surface area is 158 Å². The average Bonchev–Trinajstić information content (AvgIpc) is 2.55. The number of piperidine rings is 1. The highest BCUT2D eigenvalue weighted by Crippen LogP contribution is 2.41. The van der Waals surface area contributed by atoms with Crippen molar-refractivity contribution in [3.8, 4) is 5.75 Å². The molecule has 2 rings (SSSR count). The fourth-order valence-electron chi connectivity index (χ4n) is 3.88. The molecule has 0 radical (unpaired) electrons. The van der Waals surface area contributed by atoms with Gasteiger partial charge in [-0.15, -0.1) is 0 Å². The summed E-state index contributed by atoms with van der Waals surface area (Å²) in [4.78, 5) is 2.56. The van der Waals surface area contributed by atoms with Gasteiger partial charge in [-0.05, 0) is 55.0 Å². The van der Waals surface area contributed by atoms with Gasteiger partial charge in [0.1, 0.15) is 5.75 Å². The molecular formula is C20H34N2O3S. The molecule has 1 aromatic rings. The molecule has 6 heteroatoms. The van der Waals surface area contributed by atoms with Gasteiger partial charge in [0.15, 0.2) is 0 Å². The first-order chi connectivity index (χ1) is 12.2. The highest BCUT2D eigenvalue weighted by atomic mass is 32.2. The Morgan fingerprint density at radius 1 is 1.31 bits per heavy atom. The van der Waals surface area contributed by atoms with Gasteiger partial charge in [0, 0.05) is 6.54 Å². The smallest absolute Gasteiger partial charge is 0.229 e. The van der Waals surface area contributed by atoms with E-state index in [0.29, 0.717) is 5.92 Å². The summed E-state index contributed by atoms with van der Waals surface area (Å²) in [5.74, 6) is 0.457. The van der Waals surface area contributed by atoms with Crippen molar-refractivity contribution in [1.82, 2.24) is 4.90 Å². The molecule has 148 valence electrons. The third kappa shape index (κ3) is 5.36. The number of anilines is 1. The van der Waals surface area contributed by atoms with E-state index < -0.39 is 10.0 Å². The number of nitrogens with one attached hydrogen (secondary N) is 1. The van der Waals surface area contributed by atoms with Crippen molar-refractivity contribution >= 4 is 15.7 Å². The Kier molecular flexibility index (Phi) is 6.97. The van der Waals surface area contributed by atoms with Gasteiger partial charge in [-0.3, -0.25) is 4.72 Å². The molecule has 0 spiro atoms. The van der Waals surface area contributed by atoms with Crippen molar-refractivity contribution < 1.29 is 13.5 Å². The first-order valence-electron chi connectivity index (χ1n) is 9.69. The number of benzene rings is 1. The van der Waals surface area contributed by atoms with E-state index >= 15 is 0 Å². The number of phenolic OH excluding ortho intramolecular Hbond substituents is 1. The quantitative estimate of drug-likeness (QED) is 0.528. The third-order valence-corrected chi connectivity index (χ3v) is 6.44. The molecule has 1 aliphatic rings. The van der Waals surface area contributed by atoms with Gasteiger partial charge in [-0.25, -0.2) is 8.42 Å². The van der Waals surface area contributed by atoms with Crippen LogP contribution in [0.15, 0.2) is 18.2 Å². The zero-order chi connectivity index (χ0) is 19.4. The van der Waals surface area contributed by atoms with Crippen LogP contribution in [0.1, 0.15) is 58.4 Å². The van der Waals surface area contributed by atoms with Crippen LogP contribution in [0.3, 0.4) is 0 Å². The largest absolute Gasteiger partial charge is 0.506 e. The molecule has 0 amide bonds. The number of phenols is 1. The van der Waals surface area contributed by atoms with Gasteiger partial charge in [-0.1, -0.05) is 46.1 Å². The van der Waals surface area contributed by atoms with Crippen molar-refractivity contribution in [2.45, 2.75) is 58.3 Å². The van der Waals surface area contributed by atoms with Crippen LogP contribution in [-0.2, 0) is 15.4 Å². The second-order valence-corrected chi connectivity index (χ2v) is 9.78. The zero-order valence-electron chi connectivity index (χ0n) is 16.6. The van der Waals surface area contributed by atoms with Gasteiger partial charge >= 0.3 is 0 Å². The molecule has 0 aliphatic carbocycles. The number of rotatable bonds is 8. The zero-order valence-corrected chi connectivity index (χ0v) is 17.4. The van der Waals surface area contributed by atoms with Crippen LogP contribution < -0.4 is 4.72 Å². The van der Waals surface area contributed by atoms with Gasteiger partial charge in [0.2, 0.25) is 10.0 Å². The van der Waals surface area contributed by atoms with E-state index in [-0.39, 0.29) is 16.9 Å².